The van der Waals surface area contributed by atoms with Gasteiger partial charge in [-0.3, -0.25) is 0 Å². The van der Waals surface area contributed by atoms with Gasteiger partial charge in [0.25, 0.3) is 6.43 Å². The van der Waals surface area contributed by atoms with E-state index in [9.17, 15) is 8.78 Å². The van der Waals surface area contributed by atoms with Crippen LogP contribution in [0.5, 0.6) is 5.75 Å². The molecule has 1 heterocycles. The number of hydrogen-bond acceptors (Lipinski definition) is 3. The average molecular weight is 270 g/mol. The van der Waals surface area contributed by atoms with E-state index in [2.05, 4.69) is 0 Å². The highest BCUT2D eigenvalue weighted by Gasteiger charge is 2.59. The zero-order valence-corrected chi connectivity index (χ0v) is 11.4. The lowest BCUT2D eigenvalue weighted by Crippen LogP contribution is -2.50. The Hall–Kier alpha value is -1.14. The van der Waals surface area contributed by atoms with Crippen molar-refractivity contribution in [1.29, 1.82) is 0 Å². The van der Waals surface area contributed by atoms with Gasteiger partial charge in [0.05, 0.1) is 12.7 Å². The van der Waals surface area contributed by atoms with E-state index in [1.54, 1.807) is 45.2 Å². The van der Waals surface area contributed by atoms with Gasteiger partial charge in [0.1, 0.15) is 11.4 Å². The standard InChI is InChI=1S/C13H17BF2O3/c1-12(2)13(3,11(15)16)19-14(18-12)9-5-7-10(17-4)8-6-9/h5-8,11H,1-4H3. The van der Waals surface area contributed by atoms with Gasteiger partial charge in [-0.1, -0.05) is 12.1 Å². The zero-order chi connectivity index (χ0) is 14.3. The summed E-state index contributed by atoms with van der Waals surface area (Å²) in [4.78, 5) is 0. The third kappa shape index (κ3) is 2.34. The third-order valence-electron chi connectivity index (χ3n) is 3.75. The molecule has 0 bridgehead atoms. The van der Waals surface area contributed by atoms with Crippen molar-refractivity contribution in [1.82, 2.24) is 0 Å². The summed E-state index contributed by atoms with van der Waals surface area (Å²) < 4.78 is 42.6. The molecule has 0 radical (unpaired) electrons. The summed E-state index contributed by atoms with van der Waals surface area (Å²) in [5.74, 6) is 0.692. The second-order valence-electron chi connectivity index (χ2n) is 5.26. The number of ether oxygens (including phenoxy) is 1. The van der Waals surface area contributed by atoms with Crippen LogP contribution in [0.3, 0.4) is 0 Å². The summed E-state index contributed by atoms with van der Waals surface area (Å²) in [5.41, 5.74) is -2.00. The van der Waals surface area contributed by atoms with Crippen molar-refractivity contribution in [2.45, 2.75) is 38.4 Å². The Morgan fingerprint density at radius 3 is 2.11 bits per heavy atom. The number of rotatable bonds is 3. The molecule has 1 aliphatic rings. The van der Waals surface area contributed by atoms with Gasteiger partial charge in [0.15, 0.2) is 0 Å². The van der Waals surface area contributed by atoms with Crippen molar-refractivity contribution in [3.05, 3.63) is 24.3 Å². The van der Waals surface area contributed by atoms with Gasteiger partial charge < -0.3 is 14.0 Å². The molecule has 19 heavy (non-hydrogen) atoms. The summed E-state index contributed by atoms with van der Waals surface area (Å²) in [6.45, 7) is 4.60. The molecule has 2 rings (SSSR count). The van der Waals surface area contributed by atoms with E-state index in [0.717, 1.165) is 0 Å². The second kappa shape index (κ2) is 4.76. The first-order chi connectivity index (χ1) is 8.80. The lowest BCUT2D eigenvalue weighted by Gasteiger charge is -2.35. The lowest BCUT2D eigenvalue weighted by atomic mass is 9.79. The minimum atomic E-state index is -2.62. The van der Waals surface area contributed by atoms with E-state index in [1.165, 1.54) is 6.92 Å². The molecule has 1 saturated heterocycles. The fourth-order valence-electron chi connectivity index (χ4n) is 1.98. The van der Waals surface area contributed by atoms with Crippen molar-refractivity contribution >= 4 is 12.6 Å². The molecule has 0 spiro atoms. The van der Waals surface area contributed by atoms with Gasteiger partial charge in [0.2, 0.25) is 0 Å². The van der Waals surface area contributed by atoms with Crippen LogP contribution < -0.4 is 10.2 Å². The van der Waals surface area contributed by atoms with Crippen LogP contribution in [0.15, 0.2) is 24.3 Å². The van der Waals surface area contributed by atoms with Crippen molar-refractivity contribution in [3.8, 4) is 5.75 Å². The van der Waals surface area contributed by atoms with E-state index in [0.29, 0.717) is 11.2 Å². The van der Waals surface area contributed by atoms with Crippen LogP contribution in [0.25, 0.3) is 0 Å². The summed E-state index contributed by atoms with van der Waals surface area (Å²) in [6.07, 6.45) is -2.62. The summed E-state index contributed by atoms with van der Waals surface area (Å²) >= 11 is 0. The van der Waals surface area contributed by atoms with Crippen LogP contribution in [0.4, 0.5) is 8.78 Å². The molecule has 1 fully saturated rings. The second-order valence-corrected chi connectivity index (χ2v) is 5.26. The molecular weight excluding hydrogens is 253 g/mol. The molecule has 1 atom stereocenters. The predicted octanol–water partition coefficient (Wildman–Crippen LogP) is 2.24. The Balaban J connectivity index is 2.24. The molecular formula is C13H17BF2O3. The van der Waals surface area contributed by atoms with Crippen molar-refractivity contribution in [2.75, 3.05) is 7.11 Å². The van der Waals surface area contributed by atoms with Gasteiger partial charge >= 0.3 is 7.12 Å². The van der Waals surface area contributed by atoms with E-state index in [4.69, 9.17) is 14.0 Å². The molecule has 1 aliphatic heterocycles. The van der Waals surface area contributed by atoms with E-state index in [1.807, 2.05) is 0 Å². The molecule has 1 aromatic rings. The Bertz CT molecular complexity index is 450. The molecule has 0 N–H and O–H groups in total. The minimum Gasteiger partial charge on any atom is -0.497 e. The molecule has 0 aliphatic carbocycles. The first-order valence-electron chi connectivity index (χ1n) is 6.08. The van der Waals surface area contributed by atoms with E-state index < -0.39 is 24.7 Å². The van der Waals surface area contributed by atoms with E-state index in [-0.39, 0.29) is 0 Å². The maximum Gasteiger partial charge on any atom is 0.495 e. The fourth-order valence-corrected chi connectivity index (χ4v) is 1.98. The first kappa shape index (κ1) is 14.3. The Labute approximate surface area is 112 Å². The predicted molar refractivity (Wildman–Crippen MR) is 69.0 cm³/mol. The monoisotopic (exact) mass is 270 g/mol. The third-order valence-corrected chi connectivity index (χ3v) is 3.75. The van der Waals surface area contributed by atoms with Crippen LogP contribution in [-0.4, -0.2) is 31.9 Å². The molecule has 0 aromatic heterocycles. The fraction of sp³-hybridized carbons (Fsp3) is 0.538. The van der Waals surface area contributed by atoms with Gasteiger partial charge in [-0.15, -0.1) is 0 Å². The first-order valence-corrected chi connectivity index (χ1v) is 6.08. The molecule has 0 saturated carbocycles. The van der Waals surface area contributed by atoms with Crippen LogP contribution in [0.2, 0.25) is 0 Å². The smallest absolute Gasteiger partial charge is 0.495 e. The minimum absolute atomic E-state index is 0.692. The SMILES string of the molecule is COc1ccc(B2OC(C)(C)C(C)(C(F)F)O2)cc1. The largest absolute Gasteiger partial charge is 0.497 e. The molecule has 0 amide bonds. The number of methoxy groups -OCH3 is 1. The zero-order valence-electron chi connectivity index (χ0n) is 11.4. The average Bonchev–Trinajstić information content (AvgIpc) is 2.62. The normalized spacial score (nSPS) is 25.9. The Morgan fingerprint density at radius 1 is 1.11 bits per heavy atom. The highest BCUT2D eigenvalue weighted by molar-refractivity contribution is 6.62. The van der Waals surface area contributed by atoms with Crippen LogP contribution >= 0.6 is 0 Å². The maximum atomic E-state index is 13.2. The summed E-state index contributed by atoms with van der Waals surface area (Å²) in [5, 5.41) is 0. The Kier molecular flexibility index (Phi) is 3.58. The van der Waals surface area contributed by atoms with Crippen LogP contribution in [0, 0.1) is 0 Å². The van der Waals surface area contributed by atoms with Crippen LogP contribution in [-0.2, 0) is 9.31 Å². The molecule has 1 aromatic carbocycles. The topological polar surface area (TPSA) is 27.7 Å². The molecule has 104 valence electrons. The van der Waals surface area contributed by atoms with Gasteiger partial charge in [0, 0.05) is 0 Å². The molecule has 1 unspecified atom stereocenters. The Morgan fingerprint density at radius 2 is 1.68 bits per heavy atom. The van der Waals surface area contributed by atoms with Gasteiger partial charge in [-0.25, -0.2) is 8.78 Å². The highest BCUT2D eigenvalue weighted by atomic mass is 19.3. The number of alkyl halides is 2. The van der Waals surface area contributed by atoms with Crippen molar-refractivity contribution in [3.63, 3.8) is 0 Å². The molecule has 3 nitrogen and oxygen atoms in total. The van der Waals surface area contributed by atoms with E-state index >= 15 is 0 Å². The van der Waals surface area contributed by atoms with Gasteiger partial charge in [-0.05, 0) is 38.4 Å². The number of halogens is 2. The number of hydrogen-bond donors (Lipinski definition) is 0. The van der Waals surface area contributed by atoms with Gasteiger partial charge in [-0.2, -0.15) is 0 Å². The lowest BCUT2D eigenvalue weighted by molar-refractivity contribution is -0.115. The van der Waals surface area contributed by atoms with Crippen LogP contribution in [0.1, 0.15) is 20.8 Å². The molecule has 6 heteroatoms. The summed E-state index contributed by atoms with van der Waals surface area (Å²) in [7, 11) is 0.772. The summed E-state index contributed by atoms with van der Waals surface area (Å²) in [6, 6.07) is 6.98. The van der Waals surface area contributed by atoms with Crippen molar-refractivity contribution < 1.29 is 22.8 Å². The quantitative estimate of drug-likeness (QED) is 0.788. The maximum absolute atomic E-state index is 13.2. The number of benzene rings is 1. The highest BCUT2D eigenvalue weighted by Crippen LogP contribution is 2.41. The van der Waals surface area contributed by atoms with Crippen molar-refractivity contribution in [2.24, 2.45) is 0 Å².